The fourth-order valence-electron chi connectivity index (χ4n) is 1.42. The Balaban J connectivity index is 2.87. The van der Waals surface area contributed by atoms with Gasteiger partial charge in [0.15, 0.2) is 17.6 Å². The molecule has 0 aliphatic heterocycles. The number of hydrogen-bond donors (Lipinski definition) is 1. The molecule has 0 bridgehead atoms. The van der Waals surface area contributed by atoms with Crippen molar-refractivity contribution in [2.45, 2.75) is 20.0 Å². The lowest BCUT2D eigenvalue weighted by Gasteiger charge is -2.16. The first kappa shape index (κ1) is 14.0. The Morgan fingerprint density at radius 1 is 1.44 bits per heavy atom. The lowest BCUT2D eigenvalue weighted by molar-refractivity contribution is -0.127. The van der Waals surface area contributed by atoms with Crippen molar-refractivity contribution in [2.24, 2.45) is 0 Å². The van der Waals surface area contributed by atoms with Crippen LogP contribution >= 0.6 is 0 Å². The van der Waals surface area contributed by atoms with E-state index < -0.39 is 6.10 Å². The van der Waals surface area contributed by atoms with E-state index in [-0.39, 0.29) is 5.91 Å². The second-order valence-electron chi connectivity index (χ2n) is 3.68. The summed E-state index contributed by atoms with van der Waals surface area (Å²) in [5, 5.41) is 2.66. The van der Waals surface area contributed by atoms with E-state index in [9.17, 15) is 9.59 Å². The maximum Gasteiger partial charge on any atom is 0.260 e. The summed E-state index contributed by atoms with van der Waals surface area (Å²) >= 11 is 0. The van der Waals surface area contributed by atoms with Gasteiger partial charge in [-0.15, -0.1) is 0 Å². The highest BCUT2D eigenvalue weighted by molar-refractivity contribution is 5.81. The molecule has 1 unspecified atom stereocenters. The van der Waals surface area contributed by atoms with Gasteiger partial charge in [0.2, 0.25) is 0 Å². The van der Waals surface area contributed by atoms with Gasteiger partial charge in [-0.25, -0.2) is 0 Å². The van der Waals surface area contributed by atoms with E-state index in [1.165, 1.54) is 7.11 Å². The van der Waals surface area contributed by atoms with Crippen LogP contribution in [0.5, 0.6) is 11.5 Å². The molecule has 18 heavy (non-hydrogen) atoms. The second kappa shape index (κ2) is 6.64. The van der Waals surface area contributed by atoms with Gasteiger partial charge in [-0.2, -0.15) is 0 Å². The zero-order valence-corrected chi connectivity index (χ0v) is 10.7. The van der Waals surface area contributed by atoms with Crippen molar-refractivity contribution in [2.75, 3.05) is 13.7 Å². The summed E-state index contributed by atoms with van der Waals surface area (Å²) in [4.78, 5) is 22.3. The molecule has 1 amide bonds. The molecule has 0 aliphatic carbocycles. The van der Waals surface area contributed by atoms with E-state index in [1.807, 2.05) is 6.92 Å². The number of carbonyl (C=O) groups is 2. The van der Waals surface area contributed by atoms with Crippen LogP contribution in [-0.4, -0.2) is 32.0 Å². The Kier molecular flexibility index (Phi) is 5.17. The molecule has 1 aromatic rings. The topological polar surface area (TPSA) is 64.6 Å². The molecule has 1 N–H and O–H groups in total. The third-order valence-electron chi connectivity index (χ3n) is 2.35. The van der Waals surface area contributed by atoms with Crippen LogP contribution in [0, 0.1) is 0 Å². The number of amides is 1. The molecule has 0 radical (unpaired) electrons. The van der Waals surface area contributed by atoms with Gasteiger partial charge in [-0.1, -0.05) is 0 Å². The molecule has 0 aliphatic rings. The molecule has 5 nitrogen and oxygen atoms in total. The summed E-state index contributed by atoms with van der Waals surface area (Å²) in [6.45, 7) is 4.01. The quantitative estimate of drug-likeness (QED) is 0.776. The van der Waals surface area contributed by atoms with Crippen molar-refractivity contribution in [3.8, 4) is 11.5 Å². The van der Waals surface area contributed by atoms with Crippen LogP contribution in [0.25, 0.3) is 0 Å². The first-order valence-electron chi connectivity index (χ1n) is 5.70. The number of methoxy groups -OCH3 is 1. The number of carbonyl (C=O) groups excluding carboxylic acids is 2. The summed E-state index contributed by atoms with van der Waals surface area (Å²) in [6.07, 6.45) is 0.0593. The van der Waals surface area contributed by atoms with Crippen molar-refractivity contribution in [1.29, 1.82) is 0 Å². The van der Waals surface area contributed by atoms with Gasteiger partial charge in [0, 0.05) is 12.1 Å². The van der Waals surface area contributed by atoms with Crippen LogP contribution < -0.4 is 14.8 Å². The van der Waals surface area contributed by atoms with Gasteiger partial charge in [-0.05, 0) is 32.0 Å². The largest absolute Gasteiger partial charge is 0.493 e. The van der Waals surface area contributed by atoms with Gasteiger partial charge in [0.25, 0.3) is 5.91 Å². The zero-order valence-electron chi connectivity index (χ0n) is 10.7. The summed E-state index contributed by atoms with van der Waals surface area (Å²) < 4.78 is 10.6. The maximum atomic E-state index is 11.6. The average molecular weight is 251 g/mol. The van der Waals surface area contributed by atoms with Crippen LogP contribution in [0.15, 0.2) is 18.2 Å². The van der Waals surface area contributed by atoms with Gasteiger partial charge in [0.05, 0.1) is 7.11 Å². The van der Waals surface area contributed by atoms with Crippen molar-refractivity contribution in [1.82, 2.24) is 5.32 Å². The van der Waals surface area contributed by atoms with E-state index in [1.54, 1.807) is 25.1 Å². The first-order chi connectivity index (χ1) is 8.62. The monoisotopic (exact) mass is 251 g/mol. The van der Waals surface area contributed by atoms with Gasteiger partial charge in [0.1, 0.15) is 6.29 Å². The number of benzene rings is 1. The Bertz CT molecular complexity index is 431. The van der Waals surface area contributed by atoms with Gasteiger partial charge < -0.3 is 14.8 Å². The SMILES string of the molecule is CCNC(=O)C(C)Oc1cc(C=O)ccc1OC. The fourth-order valence-corrected chi connectivity index (χ4v) is 1.42. The molecule has 1 aromatic carbocycles. The average Bonchev–Trinajstić information content (AvgIpc) is 2.38. The van der Waals surface area contributed by atoms with E-state index in [0.717, 1.165) is 0 Å². The van der Waals surface area contributed by atoms with Gasteiger partial charge >= 0.3 is 0 Å². The van der Waals surface area contributed by atoms with E-state index in [0.29, 0.717) is 29.9 Å². The van der Waals surface area contributed by atoms with Crippen molar-refractivity contribution >= 4 is 12.2 Å². The minimum absolute atomic E-state index is 0.212. The third kappa shape index (κ3) is 3.48. The molecule has 0 spiro atoms. The van der Waals surface area contributed by atoms with Crippen LogP contribution in [0.4, 0.5) is 0 Å². The Labute approximate surface area is 106 Å². The number of rotatable bonds is 6. The zero-order chi connectivity index (χ0) is 13.5. The van der Waals surface area contributed by atoms with E-state index >= 15 is 0 Å². The normalized spacial score (nSPS) is 11.5. The highest BCUT2D eigenvalue weighted by atomic mass is 16.5. The van der Waals surface area contributed by atoms with E-state index in [2.05, 4.69) is 5.32 Å². The lowest BCUT2D eigenvalue weighted by atomic mass is 10.2. The molecule has 1 rings (SSSR count). The van der Waals surface area contributed by atoms with Crippen molar-refractivity contribution in [3.63, 3.8) is 0 Å². The van der Waals surface area contributed by atoms with Gasteiger partial charge in [-0.3, -0.25) is 9.59 Å². The van der Waals surface area contributed by atoms with Crippen LogP contribution in [0.1, 0.15) is 24.2 Å². The highest BCUT2D eigenvalue weighted by Gasteiger charge is 2.16. The maximum absolute atomic E-state index is 11.6. The Morgan fingerprint density at radius 2 is 2.17 bits per heavy atom. The number of hydrogen-bond acceptors (Lipinski definition) is 4. The Hall–Kier alpha value is -2.04. The summed E-state index contributed by atoms with van der Waals surface area (Å²) in [6, 6.07) is 4.79. The standard InChI is InChI=1S/C13H17NO4/c1-4-14-13(16)9(2)18-12-7-10(8-15)5-6-11(12)17-3/h5-9H,4H2,1-3H3,(H,14,16). The molecule has 0 saturated carbocycles. The smallest absolute Gasteiger partial charge is 0.260 e. The molecular weight excluding hydrogens is 234 g/mol. The Morgan fingerprint density at radius 3 is 2.72 bits per heavy atom. The number of ether oxygens (including phenoxy) is 2. The third-order valence-corrected chi connectivity index (χ3v) is 2.35. The van der Waals surface area contributed by atoms with Crippen LogP contribution in [0.3, 0.4) is 0 Å². The summed E-state index contributed by atoms with van der Waals surface area (Å²) in [5.74, 6) is 0.647. The lowest BCUT2D eigenvalue weighted by Crippen LogP contribution is -2.36. The molecule has 98 valence electrons. The van der Waals surface area contributed by atoms with Crippen LogP contribution in [-0.2, 0) is 4.79 Å². The van der Waals surface area contributed by atoms with Crippen LogP contribution in [0.2, 0.25) is 0 Å². The number of likely N-dealkylation sites (N-methyl/N-ethyl adjacent to an activating group) is 1. The van der Waals surface area contributed by atoms with Crippen molar-refractivity contribution in [3.05, 3.63) is 23.8 Å². The molecule has 0 aromatic heterocycles. The predicted molar refractivity (Wildman–Crippen MR) is 67.2 cm³/mol. The summed E-state index contributed by atoms with van der Waals surface area (Å²) in [7, 11) is 1.50. The fraction of sp³-hybridized carbons (Fsp3) is 0.385. The van der Waals surface area contributed by atoms with E-state index in [4.69, 9.17) is 9.47 Å². The molecule has 1 atom stereocenters. The molecule has 0 saturated heterocycles. The second-order valence-corrected chi connectivity index (χ2v) is 3.68. The first-order valence-corrected chi connectivity index (χ1v) is 5.70. The minimum Gasteiger partial charge on any atom is -0.493 e. The highest BCUT2D eigenvalue weighted by Crippen LogP contribution is 2.28. The molecule has 0 heterocycles. The summed E-state index contributed by atoms with van der Waals surface area (Å²) in [5.41, 5.74) is 0.467. The molecule has 0 fully saturated rings. The predicted octanol–water partition coefficient (Wildman–Crippen LogP) is 1.41. The molecule has 5 heteroatoms. The number of nitrogens with one attached hydrogen (secondary N) is 1. The molecular formula is C13H17NO4. The minimum atomic E-state index is -0.652. The van der Waals surface area contributed by atoms with Crippen molar-refractivity contribution < 1.29 is 19.1 Å². The number of aldehydes is 1.